The van der Waals surface area contributed by atoms with Gasteiger partial charge in [-0.2, -0.15) is 0 Å². The number of carbonyl (C=O) groups is 2. The molecule has 1 aliphatic heterocycles. The Morgan fingerprint density at radius 2 is 1.83 bits per heavy atom. The van der Waals surface area contributed by atoms with E-state index in [1.807, 2.05) is 30.3 Å². The van der Waals surface area contributed by atoms with E-state index in [0.717, 1.165) is 0 Å². The zero-order valence-corrected chi connectivity index (χ0v) is 15.8. The number of benzene rings is 2. The largest absolute Gasteiger partial charge is 0.508 e. The second kappa shape index (κ2) is 7.33. The van der Waals surface area contributed by atoms with Crippen LogP contribution in [0.5, 0.6) is 5.75 Å². The molecule has 146 valence electrons. The minimum absolute atomic E-state index is 0.00129. The van der Waals surface area contributed by atoms with Crippen molar-refractivity contribution in [2.75, 3.05) is 12.1 Å². The number of para-hydroxylation sites is 1. The number of hydrogen-bond donors (Lipinski definition) is 1. The van der Waals surface area contributed by atoms with Crippen molar-refractivity contribution in [2.24, 2.45) is 4.99 Å². The number of phenolic OH excluding ortho intramolecular Hbond substituents is 1. The van der Waals surface area contributed by atoms with Gasteiger partial charge in [0.15, 0.2) is 11.5 Å². The summed E-state index contributed by atoms with van der Waals surface area (Å²) in [7, 11) is 1.77. The maximum atomic E-state index is 12.9. The Balaban J connectivity index is 1.60. The van der Waals surface area contributed by atoms with Crippen LogP contribution in [-0.2, 0) is 4.79 Å². The highest BCUT2D eigenvalue weighted by molar-refractivity contribution is 6.48. The lowest BCUT2D eigenvalue weighted by Gasteiger charge is -2.25. The van der Waals surface area contributed by atoms with Gasteiger partial charge >= 0.3 is 0 Å². The highest BCUT2D eigenvalue weighted by Gasteiger charge is 2.40. The summed E-state index contributed by atoms with van der Waals surface area (Å²) >= 11 is 0. The summed E-state index contributed by atoms with van der Waals surface area (Å²) in [6, 6.07) is 16.5. The normalized spacial score (nSPS) is 18.6. The van der Waals surface area contributed by atoms with Crippen LogP contribution in [0.25, 0.3) is 11.3 Å². The first-order chi connectivity index (χ1) is 14.0. The van der Waals surface area contributed by atoms with E-state index in [4.69, 9.17) is 4.52 Å². The quantitative estimate of drug-likeness (QED) is 0.738. The second-order valence-electron chi connectivity index (χ2n) is 6.63. The van der Waals surface area contributed by atoms with Crippen molar-refractivity contribution < 1.29 is 19.2 Å². The fraction of sp³-hybridized carbons (Fsp3) is 0.143. The number of hydrazine groups is 1. The fourth-order valence-corrected chi connectivity index (χ4v) is 3.09. The van der Waals surface area contributed by atoms with Gasteiger partial charge in [0.05, 0.1) is 11.7 Å². The monoisotopic (exact) mass is 390 g/mol. The molecule has 4 rings (SSSR count). The molecule has 29 heavy (non-hydrogen) atoms. The number of hydrogen-bond acceptors (Lipinski definition) is 6. The minimum atomic E-state index is -0.655. The molecule has 0 aliphatic carbocycles. The maximum absolute atomic E-state index is 12.9. The Kier molecular flexibility index (Phi) is 4.69. The van der Waals surface area contributed by atoms with Crippen molar-refractivity contribution in [1.82, 2.24) is 10.2 Å². The molecule has 0 spiro atoms. The van der Waals surface area contributed by atoms with Crippen LogP contribution < -0.4 is 5.01 Å². The average molecular weight is 390 g/mol. The number of aliphatic imine (C=N–C) groups is 1. The third-order valence-electron chi connectivity index (χ3n) is 4.79. The molecule has 0 saturated carbocycles. The van der Waals surface area contributed by atoms with E-state index in [1.54, 1.807) is 31.1 Å². The minimum Gasteiger partial charge on any atom is -0.508 e. The first kappa shape index (κ1) is 18.6. The van der Waals surface area contributed by atoms with Gasteiger partial charge in [0.1, 0.15) is 11.5 Å². The van der Waals surface area contributed by atoms with E-state index in [2.05, 4.69) is 10.1 Å². The first-order valence-electron chi connectivity index (χ1n) is 8.97. The molecule has 2 aromatic carbocycles. The van der Waals surface area contributed by atoms with E-state index in [1.165, 1.54) is 23.2 Å². The zero-order valence-electron chi connectivity index (χ0n) is 15.8. The van der Waals surface area contributed by atoms with Gasteiger partial charge in [-0.05, 0) is 43.3 Å². The summed E-state index contributed by atoms with van der Waals surface area (Å²) in [6.07, 6.45) is 0. The molecule has 1 fully saturated rings. The van der Waals surface area contributed by atoms with Crippen LogP contribution in [-0.4, -0.2) is 45.9 Å². The van der Waals surface area contributed by atoms with Crippen molar-refractivity contribution in [2.45, 2.75) is 13.0 Å². The summed E-state index contributed by atoms with van der Waals surface area (Å²) in [5.41, 5.74) is 1.49. The fourth-order valence-electron chi connectivity index (χ4n) is 3.09. The number of amides is 2. The van der Waals surface area contributed by atoms with Crippen molar-refractivity contribution >= 4 is 23.2 Å². The van der Waals surface area contributed by atoms with Crippen molar-refractivity contribution in [3.05, 3.63) is 66.4 Å². The Hall–Kier alpha value is -3.78. The molecule has 1 N–H and O–H groups in total. The van der Waals surface area contributed by atoms with E-state index in [9.17, 15) is 14.7 Å². The Bertz CT molecular complexity index is 1090. The molecule has 8 nitrogen and oxygen atoms in total. The molecule has 8 heteroatoms. The molecule has 1 aliphatic rings. The lowest BCUT2D eigenvalue weighted by atomic mass is 10.1. The third-order valence-corrected chi connectivity index (χ3v) is 4.79. The van der Waals surface area contributed by atoms with Crippen LogP contribution in [0.1, 0.15) is 17.4 Å². The SMILES string of the molecule is CC1C(=NC(=O)c2cc(-c3ccc(O)cc3)on2)C(=O)N(c2ccccc2)N1C. The van der Waals surface area contributed by atoms with E-state index < -0.39 is 5.91 Å². The molecule has 3 aromatic rings. The number of aromatic nitrogens is 1. The van der Waals surface area contributed by atoms with Crippen LogP contribution in [0.2, 0.25) is 0 Å². The number of aromatic hydroxyl groups is 1. The van der Waals surface area contributed by atoms with Crippen LogP contribution in [0.15, 0.2) is 70.2 Å². The van der Waals surface area contributed by atoms with Crippen LogP contribution in [0.3, 0.4) is 0 Å². The number of rotatable bonds is 3. The molecule has 2 heterocycles. The molecule has 1 saturated heterocycles. The Morgan fingerprint density at radius 3 is 2.52 bits per heavy atom. The van der Waals surface area contributed by atoms with Gasteiger partial charge in [0.2, 0.25) is 0 Å². The predicted octanol–water partition coefficient (Wildman–Crippen LogP) is 2.91. The highest BCUT2D eigenvalue weighted by Crippen LogP contribution is 2.25. The summed E-state index contributed by atoms with van der Waals surface area (Å²) in [5.74, 6) is -0.529. The van der Waals surface area contributed by atoms with E-state index in [0.29, 0.717) is 17.0 Å². The van der Waals surface area contributed by atoms with Gasteiger partial charge in [-0.3, -0.25) is 9.59 Å². The molecule has 2 amide bonds. The first-order valence-corrected chi connectivity index (χ1v) is 8.97. The van der Waals surface area contributed by atoms with E-state index in [-0.39, 0.29) is 29.1 Å². The van der Waals surface area contributed by atoms with Crippen molar-refractivity contribution in [1.29, 1.82) is 0 Å². The van der Waals surface area contributed by atoms with Crippen LogP contribution >= 0.6 is 0 Å². The topological polar surface area (TPSA) is 99.2 Å². The van der Waals surface area contributed by atoms with Crippen LogP contribution in [0.4, 0.5) is 5.69 Å². The second-order valence-corrected chi connectivity index (χ2v) is 6.63. The Morgan fingerprint density at radius 1 is 1.14 bits per heavy atom. The summed E-state index contributed by atoms with van der Waals surface area (Å²) in [4.78, 5) is 29.5. The number of nitrogens with zero attached hydrogens (tertiary/aromatic N) is 4. The average Bonchev–Trinajstić information content (AvgIpc) is 3.29. The number of carbonyl (C=O) groups excluding carboxylic acids is 2. The lowest BCUT2D eigenvalue weighted by Crippen LogP contribution is -2.38. The standard InChI is InChI=1S/C21H18N4O4/c1-13-19(21(28)25(24(13)2)15-6-4-3-5-7-15)22-20(27)17-12-18(29-23-17)14-8-10-16(26)11-9-14/h3-13,26H,1-2H3. The van der Waals surface area contributed by atoms with Crippen molar-refractivity contribution in [3.8, 4) is 17.1 Å². The molecular formula is C21H18N4O4. The molecular weight excluding hydrogens is 372 g/mol. The summed E-state index contributed by atoms with van der Waals surface area (Å²) < 4.78 is 5.21. The molecule has 0 bridgehead atoms. The molecule has 0 radical (unpaired) electrons. The summed E-state index contributed by atoms with van der Waals surface area (Å²) in [5, 5.41) is 16.4. The molecule has 1 unspecified atom stereocenters. The predicted molar refractivity (Wildman–Crippen MR) is 107 cm³/mol. The highest BCUT2D eigenvalue weighted by atomic mass is 16.5. The van der Waals surface area contributed by atoms with E-state index >= 15 is 0 Å². The molecule has 1 atom stereocenters. The van der Waals surface area contributed by atoms with Crippen molar-refractivity contribution in [3.63, 3.8) is 0 Å². The van der Waals surface area contributed by atoms with Gasteiger partial charge in [0.25, 0.3) is 11.8 Å². The Labute approximate surface area is 166 Å². The number of phenols is 1. The molecule has 1 aromatic heterocycles. The maximum Gasteiger partial charge on any atom is 0.299 e. The van der Waals surface area contributed by atoms with Gasteiger partial charge in [-0.15, -0.1) is 0 Å². The number of anilines is 1. The summed E-state index contributed by atoms with van der Waals surface area (Å²) in [6.45, 7) is 1.80. The van der Waals surface area contributed by atoms with Crippen LogP contribution in [0, 0.1) is 0 Å². The van der Waals surface area contributed by atoms with Gasteiger partial charge < -0.3 is 9.63 Å². The lowest BCUT2D eigenvalue weighted by molar-refractivity contribution is -0.113. The van der Waals surface area contributed by atoms with Gasteiger partial charge in [-0.25, -0.2) is 15.0 Å². The van der Waals surface area contributed by atoms with Gasteiger partial charge in [0, 0.05) is 18.7 Å². The third kappa shape index (κ3) is 3.41. The smallest absolute Gasteiger partial charge is 0.299 e. The zero-order chi connectivity index (χ0) is 20.5. The van der Waals surface area contributed by atoms with Gasteiger partial charge in [-0.1, -0.05) is 23.4 Å².